The first-order valence-corrected chi connectivity index (χ1v) is 3.61. The number of halogens is 1. The lowest BCUT2D eigenvalue weighted by Gasteiger charge is -2.28. The van der Waals surface area contributed by atoms with Crippen LogP contribution >= 0.6 is 0 Å². The highest BCUT2D eigenvalue weighted by Gasteiger charge is 2.26. The fourth-order valence-corrected chi connectivity index (χ4v) is 1.34. The van der Waals surface area contributed by atoms with Crippen LogP contribution in [0.5, 0.6) is 0 Å². The molecular formula is C7H14FN. The van der Waals surface area contributed by atoms with Crippen molar-refractivity contribution in [2.24, 2.45) is 11.7 Å². The molecule has 0 bridgehead atoms. The van der Waals surface area contributed by atoms with Crippen LogP contribution in [0.2, 0.25) is 0 Å². The van der Waals surface area contributed by atoms with Gasteiger partial charge in [0.2, 0.25) is 0 Å². The van der Waals surface area contributed by atoms with Gasteiger partial charge < -0.3 is 5.73 Å². The van der Waals surface area contributed by atoms with E-state index in [0.29, 0.717) is 0 Å². The van der Waals surface area contributed by atoms with Crippen molar-refractivity contribution in [3.05, 3.63) is 0 Å². The Bertz CT molecular complexity index is 84.9. The van der Waals surface area contributed by atoms with Crippen molar-refractivity contribution >= 4 is 0 Å². The zero-order valence-corrected chi connectivity index (χ0v) is 5.81. The lowest BCUT2D eigenvalue weighted by Crippen LogP contribution is -2.37. The summed E-state index contributed by atoms with van der Waals surface area (Å²) in [5, 5.41) is 0. The molecule has 54 valence electrons. The third kappa shape index (κ3) is 1.42. The Hall–Kier alpha value is -0.110. The van der Waals surface area contributed by atoms with Crippen LogP contribution < -0.4 is 5.73 Å². The molecule has 1 aliphatic rings. The zero-order valence-electron chi connectivity index (χ0n) is 5.81. The molecule has 0 spiro atoms. The van der Waals surface area contributed by atoms with Crippen molar-refractivity contribution in [1.82, 2.24) is 0 Å². The fraction of sp³-hybridized carbons (Fsp3) is 1.00. The Balaban J connectivity index is 2.41. The summed E-state index contributed by atoms with van der Waals surface area (Å²) in [4.78, 5) is 0. The Labute approximate surface area is 55.4 Å². The van der Waals surface area contributed by atoms with Crippen molar-refractivity contribution in [3.63, 3.8) is 0 Å². The van der Waals surface area contributed by atoms with E-state index >= 15 is 0 Å². The lowest BCUT2D eigenvalue weighted by atomic mass is 9.85. The second-order valence-corrected chi connectivity index (χ2v) is 2.97. The Morgan fingerprint density at radius 2 is 2.11 bits per heavy atom. The molecule has 0 heterocycles. The largest absolute Gasteiger partial charge is 0.327 e. The normalized spacial score (nSPS) is 45.0. The molecule has 0 aromatic carbocycles. The minimum absolute atomic E-state index is 0.0822. The van der Waals surface area contributed by atoms with Crippen LogP contribution in [0.3, 0.4) is 0 Å². The van der Waals surface area contributed by atoms with Gasteiger partial charge in [-0.05, 0) is 19.3 Å². The third-order valence-corrected chi connectivity index (χ3v) is 2.26. The van der Waals surface area contributed by atoms with E-state index in [-0.39, 0.29) is 12.0 Å². The lowest BCUT2D eigenvalue weighted by molar-refractivity contribution is 0.158. The van der Waals surface area contributed by atoms with Crippen LogP contribution in [-0.2, 0) is 0 Å². The molecule has 3 atom stereocenters. The molecule has 1 rings (SSSR count). The SMILES string of the molecule is CC1C(N)CCCC1F. The highest BCUT2D eigenvalue weighted by atomic mass is 19.1. The van der Waals surface area contributed by atoms with E-state index in [1.165, 1.54) is 0 Å². The first kappa shape index (κ1) is 7.00. The van der Waals surface area contributed by atoms with E-state index in [0.717, 1.165) is 19.3 Å². The molecule has 2 heteroatoms. The standard InChI is InChI=1S/C7H14FN/c1-5-6(8)3-2-4-7(5)9/h5-7H,2-4,9H2,1H3. The smallest absolute Gasteiger partial charge is 0.104 e. The van der Waals surface area contributed by atoms with E-state index in [2.05, 4.69) is 0 Å². The summed E-state index contributed by atoms with van der Waals surface area (Å²) in [5.74, 6) is 0.0822. The number of rotatable bonds is 0. The molecule has 2 N–H and O–H groups in total. The summed E-state index contributed by atoms with van der Waals surface area (Å²) in [7, 11) is 0. The maximum atomic E-state index is 12.7. The van der Waals surface area contributed by atoms with Crippen molar-refractivity contribution in [2.75, 3.05) is 0 Å². The maximum Gasteiger partial charge on any atom is 0.104 e. The molecule has 0 aliphatic heterocycles. The van der Waals surface area contributed by atoms with Gasteiger partial charge in [-0.15, -0.1) is 0 Å². The summed E-state index contributed by atoms with van der Waals surface area (Å²) >= 11 is 0. The van der Waals surface area contributed by atoms with Gasteiger partial charge in [-0.25, -0.2) is 4.39 Å². The number of alkyl halides is 1. The van der Waals surface area contributed by atoms with Crippen molar-refractivity contribution in [2.45, 2.75) is 38.4 Å². The molecule has 0 amide bonds. The molecular weight excluding hydrogens is 117 g/mol. The molecule has 0 radical (unpaired) electrons. The topological polar surface area (TPSA) is 26.0 Å². The minimum Gasteiger partial charge on any atom is -0.327 e. The van der Waals surface area contributed by atoms with Gasteiger partial charge in [-0.2, -0.15) is 0 Å². The summed E-state index contributed by atoms with van der Waals surface area (Å²) in [6.45, 7) is 1.90. The molecule has 1 nitrogen and oxygen atoms in total. The van der Waals surface area contributed by atoms with Gasteiger partial charge >= 0.3 is 0 Å². The highest BCUT2D eigenvalue weighted by molar-refractivity contribution is 4.81. The van der Waals surface area contributed by atoms with E-state index in [4.69, 9.17) is 5.73 Å². The molecule has 1 saturated carbocycles. The first-order valence-electron chi connectivity index (χ1n) is 3.61. The number of hydrogen-bond donors (Lipinski definition) is 1. The van der Waals surface area contributed by atoms with Crippen LogP contribution in [-0.4, -0.2) is 12.2 Å². The average molecular weight is 131 g/mol. The molecule has 0 aromatic heterocycles. The van der Waals surface area contributed by atoms with Gasteiger partial charge in [-0.1, -0.05) is 6.92 Å². The summed E-state index contributed by atoms with van der Waals surface area (Å²) in [5.41, 5.74) is 5.63. The molecule has 0 saturated heterocycles. The predicted octanol–water partition coefficient (Wildman–Crippen LogP) is 1.47. The summed E-state index contributed by atoms with van der Waals surface area (Å²) in [6.07, 6.45) is 2.04. The van der Waals surface area contributed by atoms with Gasteiger partial charge in [-0.3, -0.25) is 0 Å². The van der Waals surface area contributed by atoms with Crippen LogP contribution in [0, 0.1) is 5.92 Å². The second kappa shape index (κ2) is 2.65. The highest BCUT2D eigenvalue weighted by Crippen LogP contribution is 2.25. The molecule has 1 aliphatic carbocycles. The van der Waals surface area contributed by atoms with Crippen molar-refractivity contribution in [3.8, 4) is 0 Å². The third-order valence-electron chi connectivity index (χ3n) is 2.26. The van der Waals surface area contributed by atoms with Gasteiger partial charge in [0.1, 0.15) is 6.17 Å². The van der Waals surface area contributed by atoms with Gasteiger partial charge in [0.15, 0.2) is 0 Å². The molecule has 0 aromatic rings. The number of hydrogen-bond acceptors (Lipinski definition) is 1. The predicted molar refractivity (Wildman–Crippen MR) is 35.9 cm³/mol. The fourth-order valence-electron chi connectivity index (χ4n) is 1.34. The van der Waals surface area contributed by atoms with Crippen LogP contribution in [0.1, 0.15) is 26.2 Å². The van der Waals surface area contributed by atoms with E-state index in [1.54, 1.807) is 0 Å². The van der Waals surface area contributed by atoms with Crippen molar-refractivity contribution in [1.29, 1.82) is 0 Å². The Morgan fingerprint density at radius 3 is 2.56 bits per heavy atom. The second-order valence-electron chi connectivity index (χ2n) is 2.97. The summed E-state index contributed by atoms with van der Waals surface area (Å²) in [6, 6.07) is 0.105. The molecule has 9 heavy (non-hydrogen) atoms. The van der Waals surface area contributed by atoms with E-state index in [9.17, 15) is 4.39 Å². The van der Waals surface area contributed by atoms with E-state index in [1.807, 2.05) is 6.92 Å². The number of nitrogens with two attached hydrogens (primary N) is 1. The van der Waals surface area contributed by atoms with Crippen LogP contribution in [0.4, 0.5) is 4.39 Å². The van der Waals surface area contributed by atoms with Crippen LogP contribution in [0.15, 0.2) is 0 Å². The van der Waals surface area contributed by atoms with E-state index < -0.39 is 6.17 Å². The quantitative estimate of drug-likeness (QED) is 0.529. The van der Waals surface area contributed by atoms with Gasteiger partial charge in [0, 0.05) is 12.0 Å². The van der Waals surface area contributed by atoms with Crippen LogP contribution in [0.25, 0.3) is 0 Å². The molecule has 3 unspecified atom stereocenters. The Morgan fingerprint density at radius 1 is 1.44 bits per heavy atom. The summed E-state index contributed by atoms with van der Waals surface area (Å²) < 4.78 is 12.7. The molecule has 1 fully saturated rings. The van der Waals surface area contributed by atoms with Gasteiger partial charge in [0.05, 0.1) is 0 Å². The first-order chi connectivity index (χ1) is 4.22. The van der Waals surface area contributed by atoms with Gasteiger partial charge in [0.25, 0.3) is 0 Å². The van der Waals surface area contributed by atoms with Crippen molar-refractivity contribution < 1.29 is 4.39 Å². The Kier molecular flexibility index (Phi) is 2.06. The average Bonchev–Trinajstić information content (AvgIpc) is 1.83. The minimum atomic E-state index is -0.645. The maximum absolute atomic E-state index is 12.7. The zero-order chi connectivity index (χ0) is 6.85. The monoisotopic (exact) mass is 131 g/mol.